The van der Waals surface area contributed by atoms with Gasteiger partial charge in [-0.25, -0.2) is 4.90 Å². The number of nitrogens with zero attached hydrogens (tertiary/aromatic N) is 3. The molecule has 15 heteroatoms. The molecule has 0 radical (unpaired) electrons. The molecule has 2 aliphatic rings. The van der Waals surface area contributed by atoms with Crippen molar-refractivity contribution >= 4 is 81.1 Å². The number of para-hydroxylation sites is 1. The Hall–Kier alpha value is -4.17. The Morgan fingerprint density at radius 1 is 1.02 bits per heavy atom. The SMILES string of the molecule is COc1ccccc1[C@@H]1c2sc(=O)n(CC(=O)Nc3ccc(Cl)c(Cl)c3)c2S[C@H]2C(=O)N(c3ccc([N+](=O)[O-])cc3)C(=O)[C@@H]12. The number of carbonyl (C=O) groups excluding carboxylic acids is 3. The first-order valence-electron chi connectivity index (χ1n) is 13.0. The number of nitro groups is 1. The first-order valence-corrected chi connectivity index (χ1v) is 15.4. The van der Waals surface area contributed by atoms with Crippen LogP contribution < -0.4 is 19.8 Å². The fraction of sp³-hybridized carbons (Fsp3) is 0.172. The molecule has 0 aliphatic carbocycles. The van der Waals surface area contributed by atoms with E-state index in [0.717, 1.165) is 28.0 Å². The number of thioether (sulfide) groups is 1. The van der Waals surface area contributed by atoms with Crippen LogP contribution in [0.25, 0.3) is 0 Å². The van der Waals surface area contributed by atoms with E-state index in [9.17, 15) is 29.3 Å². The topological polar surface area (TPSA) is 141 Å². The quantitative estimate of drug-likeness (QED) is 0.153. The van der Waals surface area contributed by atoms with Gasteiger partial charge in [0, 0.05) is 34.2 Å². The number of carbonyl (C=O) groups is 3. The number of hydrogen-bond acceptors (Lipinski definition) is 9. The van der Waals surface area contributed by atoms with Crippen LogP contribution in [0.2, 0.25) is 10.0 Å². The Kier molecular flexibility index (Phi) is 7.97. The molecule has 0 unspecified atom stereocenters. The van der Waals surface area contributed by atoms with Crippen molar-refractivity contribution in [2.45, 2.75) is 22.7 Å². The molecule has 224 valence electrons. The fourth-order valence-corrected chi connectivity index (χ4v) is 8.47. The fourth-order valence-electron chi connectivity index (χ4n) is 5.41. The normalized spacial score (nSPS) is 19.0. The summed E-state index contributed by atoms with van der Waals surface area (Å²) in [7, 11) is 1.49. The second-order valence-electron chi connectivity index (χ2n) is 9.87. The van der Waals surface area contributed by atoms with Gasteiger partial charge in [-0.3, -0.25) is 33.9 Å². The first-order chi connectivity index (χ1) is 21.1. The predicted molar refractivity (Wildman–Crippen MR) is 167 cm³/mol. The molecule has 0 bridgehead atoms. The van der Waals surface area contributed by atoms with E-state index in [1.54, 1.807) is 30.3 Å². The maximum absolute atomic E-state index is 14.0. The lowest BCUT2D eigenvalue weighted by Crippen LogP contribution is -2.33. The van der Waals surface area contributed by atoms with Crippen LogP contribution in [-0.4, -0.2) is 39.6 Å². The minimum absolute atomic E-state index is 0.183. The number of amides is 3. The largest absolute Gasteiger partial charge is 0.496 e. The number of non-ortho nitro benzene ring substituents is 1. The lowest BCUT2D eigenvalue weighted by Gasteiger charge is -2.31. The summed E-state index contributed by atoms with van der Waals surface area (Å²) in [5.41, 5.74) is 1.00. The standard InChI is InChI=1S/C29H20Cl2N4O7S2/c1-42-20-5-3-2-4-17(20)22-23-24(27(38)34(26(23)37)15-7-9-16(10-8-15)35(40)41)43-28-25(22)44-29(39)33(28)13-21(36)32-14-6-11-18(30)19(31)12-14/h2-12,22-24H,13H2,1H3,(H,32,36)/t22-,23-,24+/m0/s1. The molecule has 3 amide bonds. The summed E-state index contributed by atoms with van der Waals surface area (Å²) >= 11 is 14.0. The maximum Gasteiger partial charge on any atom is 0.308 e. The molecule has 44 heavy (non-hydrogen) atoms. The highest BCUT2D eigenvalue weighted by molar-refractivity contribution is 8.00. The third kappa shape index (κ3) is 5.15. The number of ether oxygens (including phenoxy) is 1. The van der Waals surface area contributed by atoms with E-state index in [1.807, 2.05) is 0 Å². The maximum atomic E-state index is 14.0. The van der Waals surface area contributed by atoms with E-state index >= 15 is 0 Å². The van der Waals surface area contributed by atoms with E-state index < -0.39 is 44.6 Å². The number of nitrogens with one attached hydrogen (secondary N) is 1. The average Bonchev–Trinajstić information content (AvgIpc) is 3.45. The van der Waals surface area contributed by atoms with Gasteiger partial charge in [0.15, 0.2) is 0 Å². The molecule has 0 saturated carbocycles. The van der Waals surface area contributed by atoms with Gasteiger partial charge in [-0.2, -0.15) is 0 Å². The number of benzene rings is 3. The van der Waals surface area contributed by atoms with Crippen LogP contribution in [0, 0.1) is 16.0 Å². The van der Waals surface area contributed by atoms with Crippen LogP contribution in [-0.2, 0) is 20.9 Å². The van der Waals surface area contributed by atoms with Gasteiger partial charge in [-0.1, -0.05) is 64.5 Å². The van der Waals surface area contributed by atoms with Crippen LogP contribution in [0.15, 0.2) is 76.6 Å². The highest BCUT2D eigenvalue weighted by atomic mass is 35.5. The highest BCUT2D eigenvalue weighted by Crippen LogP contribution is 2.55. The van der Waals surface area contributed by atoms with Gasteiger partial charge in [-0.05, 0) is 36.4 Å². The van der Waals surface area contributed by atoms with Crippen LogP contribution in [0.1, 0.15) is 16.4 Å². The Balaban J connectivity index is 1.41. The number of nitro benzene ring substituents is 1. The van der Waals surface area contributed by atoms with Crippen molar-refractivity contribution in [3.63, 3.8) is 0 Å². The number of hydrogen-bond donors (Lipinski definition) is 1. The van der Waals surface area contributed by atoms with Gasteiger partial charge in [0.05, 0.1) is 38.7 Å². The summed E-state index contributed by atoms with van der Waals surface area (Å²) in [6.45, 7) is -0.359. The molecule has 3 heterocycles. The average molecular weight is 672 g/mol. The number of imide groups is 1. The van der Waals surface area contributed by atoms with Crippen molar-refractivity contribution < 1.29 is 24.0 Å². The van der Waals surface area contributed by atoms with E-state index in [-0.39, 0.29) is 22.9 Å². The van der Waals surface area contributed by atoms with Gasteiger partial charge in [0.2, 0.25) is 17.7 Å². The van der Waals surface area contributed by atoms with Crippen LogP contribution in [0.5, 0.6) is 5.75 Å². The molecule has 2 aliphatic heterocycles. The lowest BCUT2D eigenvalue weighted by atomic mass is 9.82. The molecule has 11 nitrogen and oxygen atoms in total. The summed E-state index contributed by atoms with van der Waals surface area (Å²) < 4.78 is 6.91. The van der Waals surface area contributed by atoms with Gasteiger partial charge < -0.3 is 10.1 Å². The van der Waals surface area contributed by atoms with Crippen molar-refractivity contribution in [3.05, 3.63) is 107 Å². The first kappa shape index (κ1) is 29.9. The minimum Gasteiger partial charge on any atom is -0.496 e. The van der Waals surface area contributed by atoms with Gasteiger partial charge >= 0.3 is 4.87 Å². The van der Waals surface area contributed by atoms with Gasteiger partial charge in [0.1, 0.15) is 17.5 Å². The summed E-state index contributed by atoms with van der Waals surface area (Å²) in [6.07, 6.45) is 0. The number of rotatable bonds is 7. The number of anilines is 2. The molecule has 6 rings (SSSR count). The second-order valence-corrected chi connectivity index (χ2v) is 12.8. The Morgan fingerprint density at radius 3 is 2.43 bits per heavy atom. The van der Waals surface area contributed by atoms with Crippen molar-refractivity contribution in [3.8, 4) is 5.75 Å². The molecular formula is C29H20Cl2N4O7S2. The zero-order valence-electron chi connectivity index (χ0n) is 22.6. The lowest BCUT2D eigenvalue weighted by molar-refractivity contribution is -0.384. The number of methoxy groups -OCH3 is 1. The summed E-state index contributed by atoms with van der Waals surface area (Å²) in [6, 6.07) is 16.8. The molecule has 1 N–H and O–H groups in total. The predicted octanol–water partition coefficient (Wildman–Crippen LogP) is 5.57. The summed E-state index contributed by atoms with van der Waals surface area (Å²) in [4.78, 5) is 66.1. The van der Waals surface area contributed by atoms with Crippen LogP contribution in [0.4, 0.5) is 17.1 Å². The van der Waals surface area contributed by atoms with E-state index in [1.165, 1.54) is 48.1 Å². The molecule has 1 saturated heterocycles. The van der Waals surface area contributed by atoms with E-state index in [2.05, 4.69) is 5.32 Å². The number of aromatic nitrogens is 1. The Bertz CT molecular complexity index is 1910. The van der Waals surface area contributed by atoms with Gasteiger partial charge in [0.25, 0.3) is 5.69 Å². The van der Waals surface area contributed by atoms with E-state index in [4.69, 9.17) is 27.9 Å². The van der Waals surface area contributed by atoms with Crippen molar-refractivity contribution in [1.29, 1.82) is 0 Å². The molecular weight excluding hydrogens is 651 g/mol. The van der Waals surface area contributed by atoms with Crippen LogP contribution in [0.3, 0.4) is 0 Å². The van der Waals surface area contributed by atoms with Gasteiger partial charge in [-0.15, -0.1) is 0 Å². The molecule has 3 aromatic carbocycles. The molecule has 3 atom stereocenters. The summed E-state index contributed by atoms with van der Waals surface area (Å²) in [5.74, 6) is -2.74. The number of halogens is 2. The zero-order valence-corrected chi connectivity index (χ0v) is 25.7. The molecule has 0 spiro atoms. The monoisotopic (exact) mass is 670 g/mol. The molecule has 4 aromatic rings. The third-order valence-electron chi connectivity index (χ3n) is 7.35. The van der Waals surface area contributed by atoms with Crippen molar-refractivity contribution in [2.24, 2.45) is 5.92 Å². The second kappa shape index (κ2) is 11.7. The summed E-state index contributed by atoms with van der Waals surface area (Å²) in [5, 5.41) is 13.9. The van der Waals surface area contributed by atoms with Crippen molar-refractivity contribution in [2.75, 3.05) is 17.3 Å². The minimum atomic E-state index is -0.946. The smallest absolute Gasteiger partial charge is 0.308 e. The third-order valence-corrected chi connectivity index (χ3v) is 10.7. The molecule has 1 fully saturated rings. The number of fused-ring (bicyclic) bond motifs is 2. The highest BCUT2D eigenvalue weighted by Gasteiger charge is 2.57. The molecule has 1 aromatic heterocycles. The van der Waals surface area contributed by atoms with Crippen molar-refractivity contribution in [1.82, 2.24) is 4.57 Å². The van der Waals surface area contributed by atoms with Crippen LogP contribution >= 0.6 is 46.3 Å². The number of thiazole rings is 1. The zero-order chi connectivity index (χ0) is 31.3. The Labute approximate surface area is 267 Å². The van der Waals surface area contributed by atoms with E-state index in [0.29, 0.717) is 31.9 Å². The Morgan fingerprint density at radius 2 is 1.75 bits per heavy atom.